The topological polar surface area (TPSA) is 80.3 Å². The maximum Gasteiger partial charge on any atom is 0.324 e. The summed E-state index contributed by atoms with van der Waals surface area (Å²) in [5, 5.41) is 3.06. The zero-order chi connectivity index (χ0) is 24.8. The molecule has 2 aromatic rings. The number of hydrogen-bond acceptors (Lipinski definition) is 5. The van der Waals surface area contributed by atoms with Gasteiger partial charge in [-0.15, -0.1) is 0 Å². The number of para-hydroxylation sites is 2. The Balaban J connectivity index is 1.28. The standard InChI is InChI=1S/C27H35N3O5/c1-4-21-18-30(23-7-5-6-8-24(23)35-21)27(32)29-15-12-20(13-16-29)26(31)28-14-11-19-9-10-22(33-2)17-25(19)34-3/h5-10,17,20-21H,4,11-16,18H2,1-3H3,(H,28,31)/t21-/m0/s1. The number of anilines is 1. The fourth-order valence-corrected chi connectivity index (χ4v) is 4.72. The molecule has 1 saturated heterocycles. The van der Waals surface area contributed by atoms with Crippen molar-refractivity contribution >= 4 is 17.6 Å². The molecule has 0 bridgehead atoms. The summed E-state index contributed by atoms with van der Waals surface area (Å²) in [4.78, 5) is 29.8. The highest BCUT2D eigenvalue weighted by Crippen LogP contribution is 2.35. The molecule has 8 nitrogen and oxygen atoms in total. The second kappa shape index (κ2) is 11.3. The summed E-state index contributed by atoms with van der Waals surface area (Å²) in [6, 6.07) is 13.4. The molecule has 0 radical (unpaired) electrons. The number of carbonyl (C=O) groups is 2. The maximum atomic E-state index is 13.4. The second-order valence-electron chi connectivity index (χ2n) is 8.99. The Bertz CT molecular complexity index is 1040. The fourth-order valence-electron chi connectivity index (χ4n) is 4.72. The van der Waals surface area contributed by atoms with Gasteiger partial charge in [-0.2, -0.15) is 0 Å². The van der Waals surface area contributed by atoms with E-state index < -0.39 is 0 Å². The normalized spacial score (nSPS) is 17.9. The summed E-state index contributed by atoms with van der Waals surface area (Å²) in [6.45, 7) is 4.28. The summed E-state index contributed by atoms with van der Waals surface area (Å²) < 4.78 is 16.7. The smallest absolute Gasteiger partial charge is 0.324 e. The van der Waals surface area contributed by atoms with Crippen LogP contribution in [0.5, 0.6) is 17.2 Å². The number of nitrogens with one attached hydrogen (secondary N) is 1. The van der Waals surface area contributed by atoms with Gasteiger partial charge in [-0.05, 0) is 49.4 Å². The first-order valence-corrected chi connectivity index (χ1v) is 12.3. The summed E-state index contributed by atoms with van der Waals surface area (Å²) in [5.41, 5.74) is 1.83. The molecular weight excluding hydrogens is 446 g/mol. The number of ether oxygens (including phenoxy) is 3. The van der Waals surface area contributed by atoms with Crippen molar-refractivity contribution < 1.29 is 23.8 Å². The molecule has 4 rings (SSSR count). The van der Waals surface area contributed by atoms with Gasteiger partial charge in [0.05, 0.1) is 26.5 Å². The number of amides is 3. The molecule has 2 aliphatic heterocycles. The average Bonchev–Trinajstić information content (AvgIpc) is 2.92. The third-order valence-corrected chi connectivity index (χ3v) is 6.85. The van der Waals surface area contributed by atoms with Crippen molar-refractivity contribution in [2.75, 3.05) is 45.3 Å². The third-order valence-electron chi connectivity index (χ3n) is 6.85. The predicted molar refractivity (Wildman–Crippen MR) is 134 cm³/mol. The van der Waals surface area contributed by atoms with Gasteiger partial charge >= 0.3 is 6.03 Å². The Hall–Kier alpha value is -3.42. The van der Waals surface area contributed by atoms with Crippen LogP contribution in [0.2, 0.25) is 0 Å². The van der Waals surface area contributed by atoms with Gasteiger partial charge in [-0.25, -0.2) is 4.79 Å². The van der Waals surface area contributed by atoms with E-state index in [2.05, 4.69) is 12.2 Å². The number of hydrogen-bond donors (Lipinski definition) is 1. The van der Waals surface area contributed by atoms with Crippen LogP contribution < -0.4 is 24.4 Å². The lowest BCUT2D eigenvalue weighted by Crippen LogP contribution is -2.52. The largest absolute Gasteiger partial charge is 0.497 e. The van der Waals surface area contributed by atoms with Gasteiger partial charge in [0.15, 0.2) is 0 Å². The lowest BCUT2D eigenvalue weighted by Gasteiger charge is -2.39. The first-order chi connectivity index (χ1) is 17.0. The van der Waals surface area contributed by atoms with Gasteiger partial charge in [0.2, 0.25) is 5.91 Å². The molecule has 188 valence electrons. The van der Waals surface area contributed by atoms with Crippen LogP contribution in [0.25, 0.3) is 0 Å². The molecule has 2 heterocycles. The van der Waals surface area contributed by atoms with Crippen molar-refractivity contribution in [3.05, 3.63) is 48.0 Å². The van der Waals surface area contributed by atoms with E-state index in [0.29, 0.717) is 45.4 Å². The molecule has 35 heavy (non-hydrogen) atoms. The number of rotatable bonds is 7. The first-order valence-electron chi connectivity index (χ1n) is 12.3. The monoisotopic (exact) mass is 481 g/mol. The van der Waals surface area contributed by atoms with Crippen LogP contribution in [-0.4, -0.2) is 63.3 Å². The number of carbonyl (C=O) groups excluding carboxylic acids is 2. The molecular formula is C27H35N3O5. The summed E-state index contributed by atoms with van der Waals surface area (Å²) in [7, 11) is 3.25. The molecule has 1 atom stereocenters. The van der Waals surface area contributed by atoms with Gasteiger partial charge < -0.3 is 24.4 Å². The summed E-state index contributed by atoms with van der Waals surface area (Å²) in [6.07, 6.45) is 2.81. The number of likely N-dealkylation sites (tertiary alicyclic amines) is 1. The number of benzene rings is 2. The molecule has 3 amide bonds. The van der Waals surface area contributed by atoms with Crippen LogP contribution in [0, 0.1) is 5.92 Å². The average molecular weight is 482 g/mol. The van der Waals surface area contributed by atoms with Crippen molar-refractivity contribution in [2.45, 2.75) is 38.7 Å². The molecule has 1 fully saturated rings. The zero-order valence-electron chi connectivity index (χ0n) is 20.8. The molecule has 0 aliphatic carbocycles. The Kier molecular flexibility index (Phi) is 8.00. The van der Waals surface area contributed by atoms with Crippen LogP contribution in [-0.2, 0) is 11.2 Å². The zero-order valence-corrected chi connectivity index (χ0v) is 20.8. The highest BCUT2D eigenvalue weighted by Gasteiger charge is 2.34. The highest BCUT2D eigenvalue weighted by atomic mass is 16.5. The Morgan fingerprint density at radius 3 is 2.57 bits per heavy atom. The van der Waals surface area contributed by atoms with Gasteiger partial charge in [0.1, 0.15) is 23.4 Å². The van der Waals surface area contributed by atoms with Crippen molar-refractivity contribution in [3.63, 3.8) is 0 Å². The molecule has 0 unspecified atom stereocenters. The molecule has 2 aromatic carbocycles. The second-order valence-corrected chi connectivity index (χ2v) is 8.99. The maximum absolute atomic E-state index is 13.4. The SMILES string of the molecule is CC[C@H]1CN(C(=O)N2CCC(C(=O)NCCc3ccc(OC)cc3OC)CC2)c2ccccc2O1. The number of fused-ring (bicyclic) bond motifs is 1. The minimum absolute atomic E-state index is 0.00958. The van der Waals surface area contributed by atoms with Crippen molar-refractivity contribution in [1.29, 1.82) is 0 Å². The van der Waals surface area contributed by atoms with E-state index in [1.54, 1.807) is 14.2 Å². The van der Waals surface area contributed by atoms with E-state index in [9.17, 15) is 9.59 Å². The van der Waals surface area contributed by atoms with Crippen molar-refractivity contribution in [3.8, 4) is 17.2 Å². The number of urea groups is 1. The van der Waals surface area contributed by atoms with E-state index >= 15 is 0 Å². The number of nitrogens with zero attached hydrogens (tertiary/aromatic N) is 2. The van der Waals surface area contributed by atoms with Gasteiger partial charge in [0, 0.05) is 31.6 Å². The van der Waals surface area contributed by atoms with Gasteiger partial charge in [0.25, 0.3) is 0 Å². The van der Waals surface area contributed by atoms with Crippen molar-refractivity contribution in [1.82, 2.24) is 10.2 Å². The van der Waals surface area contributed by atoms with E-state index in [0.717, 1.165) is 34.9 Å². The molecule has 0 spiro atoms. The summed E-state index contributed by atoms with van der Waals surface area (Å²) >= 11 is 0. The Morgan fingerprint density at radius 1 is 1.09 bits per heavy atom. The first kappa shape index (κ1) is 24.7. The lowest BCUT2D eigenvalue weighted by molar-refractivity contribution is -0.126. The molecule has 8 heteroatoms. The van der Waals surface area contributed by atoms with Crippen molar-refractivity contribution in [2.24, 2.45) is 5.92 Å². The number of methoxy groups -OCH3 is 2. The van der Waals surface area contributed by atoms with E-state index in [-0.39, 0.29) is 24.0 Å². The number of piperidine rings is 1. The van der Waals surface area contributed by atoms with Crippen LogP contribution >= 0.6 is 0 Å². The van der Waals surface area contributed by atoms with E-state index in [4.69, 9.17) is 14.2 Å². The quantitative estimate of drug-likeness (QED) is 0.649. The molecule has 2 aliphatic rings. The van der Waals surface area contributed by atoms with E-state index in [1.165, 1.54) is 0 Å². The van der Waals surface area contributed by atoms with Gasteiger partial charge in [-0.3, -0.25) is 9.69 Å². The van der Waals surface area contributed by atoms with Crippen LogP contribution in [0.15, 0.2) is 42.5 Å². The molecule has 1 N–H and O–H groups in total. The van der Waals surface area contributed by atoms with E-state index in [1.807, 2.05) is 52.3 Å². The molecule has 0 aromatic heterocycles. The highest BCUT2D eigenvalue weighted by molar-refractivity contribution is 5.94. The van der Waals surface area contributed by atoms with Crippen LogP contribution in [0.4, 0.5) is 10.5 Å². The van der Waals surface area contributed by atoms with Crippen LogP contribution in [0.3, 0.4) is 0 Å². The van der Waals surface area contributed by atoms with Gasteiger partial charge in [-0.1, -0.05) is 25.1 Å². The molecule has 0 saturated carbocycles. The van der Waals surface area contributed by atoms with Crippen LogP contribution in [0.1, 0.15) is 31.7 Å². The lowest BCUT2D eigenvalue weighted by atomic mass is 9.96. The summed E-state index contributed by atoms with van der Waals surface area (Å²) in [5.74, 6) is 2.20. The minimum atomic E-state index is -0.0859. The fraction of sp³-hybridized carbons (Fsp3) is 0.481. The predicted octanol–water partition coefficient (Wildman–Crippen LogP) is 3.87. The Morgan fingerprint density at radius 2 is 1.86 bits per heavy atom. The Labute approximate surface area is 207 Å². The minimum Gasteiger partial charge on any atom is -0.497 e. The third kappa shape index (κ3) is 5.63.